The lowest BCUT2D eigenvalue weighted by Crippen LogP contribution is -2.20. The van der Waals surface area contributed by atoms with Crippen molar-refractivity contribution in [2.75, 3.05) is 12.4 Å². The van der Waals surface area contributed by atoms with Gasteiger partial charge in [-0.3, -0.25) is 4.98 Å². The summed E-state index contributed by atoms with van der Waals surface area (Å²) in [7, 11) is -2.11. The second-order valence-corrected chi connectivity index (χ2v) is 7.76. The Morgan fingerprint density at radius 2 is 1.95 bits per heavy atom. The third-order valence-corrected chi connectivity index (χ3v) is 5.37. The van der Waals surface area contributed by atoms with Crippen molar-refractivity contribution >= 4 is 47.6 Å². The third kappa shape index (κ3) is 4.03. The summed E-state index contributed by atoms with van der Waals surface area (Å²) in [5, 5.41) is 3.10. The predicted molar refractivity (Wildman–Crippen MR) is 89.7 cm³/mol. The maximum atomic E-state index is 12.0. The van der Waals surface area contributed by atoms with E-state index in [2.05, 4.69) is 46.9 Å². The molecule has 1 heterocycles. The van der Waals surface area contributed by atoms with Crippen LogP contribution in [-0.4, -0.2) is 20.4 Å². The van der Waals surface area contributed by atoms with Crippen LogP contribution in [0.1, 0.15) is 5.69 Å². The van der Waals surface area contributed by atoms with E-state index in [1.165, 1.54) is 7.05 Å². The van der Waals surface area contributed by atoms with Crippen LogP contribution < -0.4 is 10.0 Å². The molecule has 0 spiro atoms. The Morgan fingerprint density at radius 1 is 1.24 bits per heavy atom. The molecule has 0 atom stereocenters. The number of hydrogen-bond acceptors (Lipinski definition) is 4. The van der Waals surface area contributed by atoms with Crippen molar-refractivity contribution < 1.29 is 8.42 Å². The van der Waals surface area contributed by atoms with Gasteiger partial charge in [0.25, 0.3) is 0 Å². The highest BCUT2D eigenvalue weighted by atomic mass is 79.9. The molecule has 0 saturated heterocycles. The first-order chi connectivity index (χ1) is 9.94. The van der Waals surface area contributed by atoms with Gasteiger partial charge in [0, 0.05) is 15.1 Å². The van der Waals surface area contributed by atoms with Gasteiger partial charge in [-0.05, 0) is 57.1 Å². The molecule has 1 aromatic heterocycles. The molecule has 2 rings (SSSR count). The molecule has 0 fully saturated rings. The van der Waals surface area contributed by atoms with Gasteiger partial charge in [-0.1, -0.05) is 12.1 Å². The minimum Gasteiger partial charge on any atom is -0.378 e. The van der Waals surface area contributed by atoms with Crippen LogP contribution in [0.2, 0.25) is 0 Å². The van der Waals surface area contributed by atoms with Crippen molar-refractivity contribution in [1.82, 2.24) is 9.71 Å². The molecule has 0 bridgehead atoms. The zero-order valence-corrected chi connectivity index (χ0v) is 15.1. The van der Waals surface area contributed by atoms with Crippen molar-refractivity contribution in [3.8, 4) is 0 Å². The summed E-state index contributed by atoms with van der Waals surface area (Å²) in [5.41, 5.74) is 1.32. The minimum absolute atomic E-state index is 0.209. The molecule has 0 aliphatic heterocycles. The molecule has 0 saturated carbocycles. The molecular formula is C13H13Br2N3O2S. The molecule has 0 unspecified atom stereocenters. The predicted octanol–water partition coefficient (Wildman–Crippen LogP) is 3.13. The molecule has 112 valence electrons. The van der Waals surface area contributed by atoms with Gasteiger partial charge < -0.3 is 5.32 Å². The number of benzene rings is 1. The van der Waals surface area contributed by atoms with Crippen LogP contribution in [0, 0.1) is 0 Å². The summed E-state index contributed by atoms with van der Waals surface area (Å²) in [6.45, 7) is 0.407. The molecule has 21 heavy (non-hydrogen) atoms. The number of pyridine rings is 1. The van der Waals surface area contributed by atoms with E-state index in [0.717, 1.165) is 14.6 Å². The second-order valence-electron chi connectivity index (χ2n) is 4.14. The average molecular weight is 435 g/mol. The lowest BCUT2D eigenvalue weighted by atomic mass is 10.3. The van der Waals surface area contributed by atoms with Gasteiger partial charge in [0.15, 0.2) is 0 Å². The zero-order valence-electron chi connectivity index (χ0n) is 11.1. The number of rotatable bonds is 5. The van der Waals surface area contributed by atoms with E-state index in [9.17, 15) is 8.42 Å². The largest absolute Gasteiger partial charge is 0.378 e. The molecule has 0 amide bonds. The van der Waals surface area contributed by atoms with E-state index in [1.54, 1.807) is 30.5 Å². The number of sulfonamides is 1. The normalized spacial score (nSPS) is 11.4. The van der Waals surface area contributed by atoms with Crippen LogP contribution in [0.4, 0.5) is 5.69 Å². The van der Waals surface area contributed by atoms with Crippen molar-refractivity contribution in [2.45, 2.75) is 11.4 Å². The van der Waals surface area contributed by atoms with Crippen LogP contribution >= 0.6 is 31.9 Å². The van der Waals surface area contributed by atoms with Crippen molar-refractivity contribution in [3.05, 3.63) is 51.2 Å². The van der Waals surface area contributed by atoms with Gasteiger partial charge in [-0.25, -0.2) is 13.1 Å². The number of anilines is 1. The van der Waals surface area contributed by atoms with Crippen LogP contribution in [0.15, 0.2) is 50.4 Å². The van der Waals surface area contributed by atoms with Crippen molar-refractivity contribution in [2.24, 2.45) is 0 Å². The fourth-order valence-electron chi connectivity index (χ4n) is 1.71. The lowest BCUT2D eigenvalue weighted by molar-refractivity contribution is 0.588. The first kappa shape index (κ1) is 16.4. The molecule has 5 nitrogen and oxygen atoms in total. The summed E-state index contributed by atoms with van der Waals surface area (Å²) < 4.78 is 28.0. The van der Waals surface area contributed by atoms with Crippen LogP contribution in [0.3, 0.4) is 0 Å². The summed E-state index contributed by atoms with van der Waals surface area (Å²) in [6, 6.07) is 8.62. The maximum absolute atomic E-state index is 12.0. The third-order valence-electron chi connectivity index (χ3n) is 2.78. The summed E-state index contributed by atoms with van der Waals surface area (Å²) in [6.07, 6.45) is 1.69. The van der Waals surface area contributed by atoms with Gasteiger partial charge in [0.2, 0.25) is 10.0 Å². The zero-order chi connectivity index (χ0) is 15.5. The standard InChI is InChI=1S/C13H13Br2N3O2S/c1-16-21(19,20)13-5-3-2-4-11(13)18-8-12-10(15)6-9(14)7-17-12/h2-7,16,18H,8H2,1H3. The van der Waals surface area contributed by atoms with Crippen molar-refractivity contribution in [1.29, 1.82) is 0 Å². The fourth-order valence-corrected chi connectivity index (χ4v) is 3.74. The van der Waals surface area contributed by atoms with Gasteiger partial charge in [0.05, 0.1) is 17.9 Å². The van der Waals surface area contributed by atoms with Crippen LogP contribution in [0.5, 0.6) is 0 Å². The lowest BCUT2D eigenvalue weighted by Gasteiger charge is -2.12. The summed E-state index contributed by atoms with van der Waals surface area (Å²) in [5.74, 6) is 0. The van der Waals surface area contributed by atoms with Gasteiger partial charge in [-0.2, -0.15) is 0 Å². The highest BCUT2D eigenvalue weighted by Gasteiger charge is 2.16. The topological polar surface area (TPSA) is 71.1 Å². The SMILES string of the molecule is CNS(=O)(=O)c1ccccc1NCc1ncc(Br)cc1Br. The number of nitrogens with one attached hydrogen (secondary N) is 2. The quantitative estimate of drug-likeness (QED) is 0.758. The number of hydrogen-bond donors (Lipinski definition) is 2. The molecule has 0 radical (unpaired) electrons. The molecular weight excluding hydrogens is 422 g/mol. The Hall–Kier alpha value is -0.960. The summed E-state index contributed by atoms with van der Waals surface area (Å²) in [4.78, 5) is 4.49. The van der Waals surface area contributed by atoms with E-state index in [4.69, 9.17) is 0 Å². The Kier molecular flexibility index (Phi) is 5.37. The summed E-state index contributed by atoms with van der Waals surface area (Å²) >= 11 is 6.77. The molecule has 1 aromatic carbocycles. The van der Waals surface area contributed by atoms with Gasteiger partial charge >= 0.3 is 0 Å². The first-order valence-corrected chi connectivity index (χ1v) is 9.07. The van der Waals surface area contributed by atoms with Crippen molar-refractivity contribution in [3.63, 3.8) is 0 Å². The molecule has 0 aliphatic rings. The maximum Gasteiger partial charge on any atom is 0.242 e. The molecule has 2 N–H and O–H groups in total. The molecule has 8 heteroatoms. The Labute approximate surface area is 140 Å². The first-order valence-electron chi connectivity index (χ1n) is 6.00. The Balaban J connectivity index is 2.25. The van der Waals surface area contributed by atoms with Gasteiger partial charge in [-0.15, -0.1) is 0 Å². The molecule has 2 aromatic rings. The average Bonchev–Trinajstić information content (AvgIpc) is 2.46. The number of nitrogens with zero attached hydrogens (tertiary/aromatic N) is 1. The van der Waals surface area contributed by atoms with Crippen LogP contribution in [0.25, 0.3) is 0 Å². The van der Waals surface area contributed by atoms with Gasteiger partial charge in [0.1, 0.15) is 4.90 Å². The Morgan fingerprint density at radius 3 is 2.62 bits per heavy atom. The highest BCUT2D eigenvalue weighted by Crippen LogP contribution is 2.23. The fraction of sp³-hybridized carbons (Fsp3) is 0.154. The number of halogens is 2. The van der Waals surface area contributed by atoms with E-state index < -0.39 is 10.0 Å². The smallest absolute Gasteiger partial charge is 0.242 e. The van der Waals surface area contributed by atoms with E-state index in [0.29, 0.717) is 12.2 Å². The Bertz CT molecular complexity index is 751. The minimum atomic E-state index is -3.50. The van der Waals surface area contributed by atoms with Crippen LogP contribution in [-0.2, 0) is 16.6 Å². The monoisotopic (exact) mass is 433 g/mol. The number of para-hydroxylation sites is 1. The van der Waals surface area contributed by atoms with E-state index >= 15 is 0 Å². The highest BCUT2D eigenvalue weighted by molar-refractivity contribution is 9.11. The number of aromatic nitrogens is 1. The van der Waals surface area contributed by atoms with E-state index in [1.807, 2.05) is 6.07 Å². The van der Waals surface area contributed by atoms with E-state index in [-0.39, 0.29) is 4.90 Å². The molecule has 0 aliphatic carbocycles. The second kappa shape index (κ2) is 6.87.